The maximum Gasteiger partial charge on any atom is 0.170 e. The third kappa shape index (κ3) is 1.96. The zero-order chi connectivity index (χ0) is 16.6. The number of fused-ring (bicyclic) bond motifs is 2. The number of carbonyl (C=O) groups excluding carboxylic acids is 1. The molecule has 0 aromatic rings. The molecule has 4 heteroatoms. The van der Waals surface area contributed by atoms with Crippen molar-refractivity contribution in [1.29, 1.82) is 0 Å². The van der Waals surface area contributed by atoms with E-state index in [9.17, 15) is 4.79 Å². The summed E-state index contributed by atoms with van der Waals surface area (Å²) in [5.74, 6) is 0.658. The van der Waals surface area contributed by atoms with Crippen LogP contribution in [-0.2, 0) is 9.63 Å². The second-order valence-electron chi connectivity index (χ2n) is 9.61. The van der Waals surface area contributed by atoms with Gasteiger partial charge in [-0.3, -0.25) is 9.63 Å². The van der Waals surface area contributed by atoms with Crippen LogP contribution < -0.4 is 5.32 Å². The van der Waals surface area contributed by atoms with E-state index in [0.29, 0.717) is 11.7 Å². The van der Waals surface area contributed by atoms with Gasteiger partial charge in [-0.1, -0.05) is 20.8 Å². The highest BCUT2D eigenvalue weighted by Gasteiger charge is 2.67. The molecule has 22 heavy (non-hydrogen) atoms. The van der Waals surface area contributed by atoms with E-state index in [4.69, 9.17) is 4.84 Å². The van der Waals surface area contributed by atoms with Crippen molar-refractivity contribution in [1.82, 2.24) is 10.4 Å². The average molecular weight is 308 g/mol. The fourth-order valence-corrected chi connectivity index (χ4v) is 5.16. The van der Waals surface area contributed by atoms with E-state index >= 15 is 0 Å². The fraction of sp³-hybridized carbons (Fsp3) is 0.944. The molecule has 0 aromatic carbocycles. The molecule has 2 aliphatic carbocycles. The predicted octanol–water partition coefficient (Wildman–Crippen LogP) is 2.77. The van der Waals surface area contributed by atoms with Crippen LogP contribution in [-0.4, -0.2) is 41.1 Å². The number of hydrogen-bond donors (Lipinski definition) is 1. The summed E-state index contributed by atoms with van der Waals surface area (Å²) in [7, 11) is 0. The first-order valence-corrected chi connectivity index (χ1v) is 8.66. The molecule has 0 radical (unpaired) electrons. The molecule has 3 atom stereocenters. The van der Waals surface area contributed by atoms with Crippen LogP contribution in [0.2, 0.25) is 0 Å². The summed E-state index contributed by atoms with van der Waals surface area (Å²) in [6.07, 6.45) is 1.84. The van der Waals surface area contributed by atoms with Crippen LogP contribution >= 0.6 is 0 Å². The molecule has 0 unspecified atom stereocenters. The van der Waals surface area contributed by atoms with Gasteiger partial charge in [0.2, 0.25) is 0 Å². The monoisotopic (exact) mass is 308 g/mol. The smallest absolute Gasteiger partial charge is 0.170 e. The SMILES string of the molecule is CC1(C)CNCC(C)(C)N1O[C@H]1C(=O)[C@]2(C)CC[C@H]1C2(C)C. The summed E-state index contributed by atoms with van der Waals surface area (Å²) in [5.41, 5.74) is -0.411. The van der Waals surface area contributed by atoms with E-state index in [1.807, 2.05) is 0 Å². The quantitative estimate of drug-likeness (QED) is 0.852. The van der Waals surface area contributed by atoms with Crippen molar-refractivity contribution >= 4 is 5.78 Å². The molecule has 3 aliphatic rings. The van der Waals surface area contributed by atoms with Crippen molar-refractivity contribution in [3.05, 3.63) is 0 Å². The van der Waals surface area contributed by atoms with E-state index in [0.717, 1.165) is 25.9 Å². The van der Waals surface area contributed by atoms with Gasteiger partial charge in [0.1, 0.15) is 6.10 Å². The largest absolute Gasteiger partial charge is 0.313 e. The lowest BCUT2D eigenvalue weighted by molar-refractivity contribution is -0.300. The number of rotatable bonds is 2. The second kappa shape index (κ2) is 4.55. The molecular weight excluding hydrogens is 276 g/mol. The average Bonchev–Trinajstić information content (AvgIpc) is 2.67. The standard InChI is InChI=1S/C18H32N2O2/c1-15(2)10-19-11-16(3,4)20(15)22-13-12-8-9-18(7,14(13)21)17(12,5)6/h12-13,19H,8-11H2,1-7H3/t12-,13-,18+/m1/s1. The van der Waals surface area contributed by atoms with Crippen LogP contribution in [0.4, 0.5) is 0 Å². The van der Waals surface area contributed by atoms with Crippen molar-refractivity contribution in [2.75, 3.05) is 13.1 Å². The van der Waals surface area contributed by atoms with Gasteiger partial charge >= 0.3 is 0 Å². The van der Waals surface area contributed by atoms with Crippen molar-refractivity contribution in [2.45, 2.75) is 78.5 Å². The molecule has 1 aliphatic heterocycles. The molecule has 1 N–H and O–H groups in total. The van der Waals surface area contributed by atoms with Crippen molar-refractivity contribution in [2.24, 2.45) is 16.7 Å². The molecule has 2 bridgehead atoms. The van der Waals surface area contributed by atoms with Crippen molar-refractivity contribution < 1.29 is 9.63 Å². The van der Waals surface area contributed by atoms with Crippen LogP contribution in [0, 0.1) is 16.7 Å². The van der Waals surface area contributed by atoms with Gasteiger partial charge in [-0.05, 0) is 46.0 Å². The minimum absolute atomic E-state index is 0.0388. The number of nitrogens with zero attached hydrogens (tertiary/aromatic N) is 1. The summed E-state index contributed by atoms with van der Waals surface area (Å²) in [5, 5.41) is 5.59. The maximum atomic E-state index is 13.0. The Balaban J connectivity index is 1.89. The normalized spacial score (nSPS) is 42.8. The first-order chi connectivity index (χ1) is 9.93. The Morgan fingerprint density at radius 3 is 2.05 bits per heavy atom. The second-order valence-corrected chi connectivity index (χ2v) is 9.61. The predicted molar refractivity (Wildman–Crippen MR) is 87.4 cm³/mol. The minimum atomic E-state index is -0.273. The number of ketones is 1. The Hall–Kier alpha value is -0.450. The van der Waals surface area contributed by atoms with Crippen molar-refractivity contribution in [3.63, 3.8) is 0 Å². The molecule has 0 spiro atoms. The third-order valence-corrected chi connectivity index (χ3v) is 6.91. The van der Waals surface area contributed by atoms with Crippen LogP contribution in [0.1, 0.15) is 61.3 Å². The van der Waals surface area contributed by atoms with Crippen LogP contribution in [0.25, 0.3) is 0 Å². The zero-order valence-electron chi connectivity index (χ0n) is 15.2. The highest BCUT2D eigenvalue weighted by molar-refractivity contribution is 5.93. The molecular formula is C18H32N2O2. The number of hydrogen-bond acceptors (Lipinski definition) is 4. The number of piperazine rings is 1. The Labute approximate surface area is 134 Å². The van der Waals surface area contributed by atoms with Gasteiger partial charge in [-0.2, -0.15) is 5.06 Å². The topological polar surface area (TPSA) is 41.6 Å². The van der Waals surface area contributed by atoms with Gasteiger partial charge in [-0.25, -0.2) is 0 Å². The van der Waals surface area contributed by atoms with E-state index in [1.165, 1.54) is 0 Å². The Kier molecular flexibility index (Phi) is 3.39. The fourth-order valence-electron chi connectivity index (χ4n) is 5.16. The van der Waals surface area contributed by atoms with Crippen LogP contribution in [0.5, 0.6) is 0 Å². The lowest BCUT2D eigenvalue weighted by Gasteiger charge is -2.52. The molecule has 126 valence electrons. The Bertz CT molecular complexity index is 481. The third-order valence-electron chi connectivity index (χ3n) is 6.91. The van der Waals surface area contributed by atoms with Gasteiger partial charge in [0, 0.05) is 24.4 Å². The summed E-state index contributed by atoms with van der Waals surface area (Å²) in [6.45, 7) is 17.1. The Morgan fingerprint density at radius 1 is 1.05 bits per heavy atom. The molecule has 0 aromatic heterocycles. The first-order valence-electron chi connectivity index (χ1n) is 8.66. The molecule has 1 saturated heterocycles. The van der Waals surface area contributed by atoms with Gasteiger partial charge < -0.3 is 5.32 Å². The summed E-state index contributed by atoms with van der Waals surface area (Å²) in [6, 6.07) is 0. The molecule has 0 amide bonds. The number of hydroxylamine groups is 2. The van der Waals surface area contributed by atoms with E-state index in [1.54, 1.807) is 0 Å². The number of nitrogens with one attached hydrogen (secondary N) is 1. The van der Waals surface area contributed by atoms with E-state index < -0.39 is 0 Å². The highest BCUT2D eigenvalue weighted by atomic mass is 16.7. The highest BCUT2D eigenvalue weighted by Crippen LogP contribution is 2.64. The van der Waals surface area contributed by atoms with Crippen LogP contribution in [0.3, 0.4) is 0 Å². The van der Waals surface area contributed by atoms with Crippen LogP contribution in [0.15, 0.2) is 0 Å². The molecule has 4 nitrogen and oxygen atoms in total. The number of carbonyl (C=O) groups is 1. The van der Waals surface area contributed by atoms with E-state index in [-0.39, 0.29) is 28.0 Å². The van der Waals surface area contributed by atoms with Gasteiger partial charge in [-0.15, -0.1) is 0 Å². The molecule has 3 fully saturated rings. The van der Waals surface area contributed by atoms with Crippen molar-refractivity contribution in [3.8, 4) is 0 Å². The first kappa shape index (κ1) is 16.4. The lowest BCUT2D eigenvalue weighted by atomic mass is 9.70. The zero-order valence-corrected chi connectivity index (χ0v) is 15.2. The minimum Gasteiger partial charge on any atom is -0.313 e. The van der Waals surface area contributed by atoms with E-state index in [2.05, 4.69) is 58.8 Å². The molecule has 1 heterocycles. The summed E-state index contributed by atoms with van der Waals surface area (Å²) >= 11 is 0. The molecule has 2 saturated carbocycles. The summed E-state index contributed by atoms with van der Waals surface area (Å²) < 4.78 is 0. The number of Topliss-reactive ketones (excluding diaryl/α,β-unsaturated/α-hetero) is 1. The summed E-state index contributed by atoms with van der Waals surface area (Å²) in [4.78, 5) is 19.5. The Morgan fingerprint density at radius 2 is 1.59 bits per heavy atom. The van der Waals surface area contributed by atoms with Gasteiger partial charge in [0.05, 0.1) is 11.1 Å². The molecule has 3 rings (SSSR count). The lowest BCUT2D eigenvalue weighted by Crippen LogP contribution is -2.68. The maximum absolute atomic E-state index is 13.0. The van der Waals surface area contributed by atoms with Gasteiger partial charge in [0.15, 0.2) is 5.78 Å². The van der Waals surface area contributed by atoms with Gasteiger partial charge in [0.25, 0.3) is 0 Å².